The van der Waals surface area contributed by atoms with E-state index in [1.807, 2.05) is 0 Å². The molecule has 0 fully saturated rings. The summed E-state index contributed by atoms with van der Waals surface area (Å²) >= 11 is 0. The third-order valence-electron chi connectivity index (χ3n) is 16.2. The zero-order chi connectivity index (χ0) is 75.2. The lowest BCUT2D eigenvalue weighted by molar-refractivity contribution is -0.161. The first kappa shape index (κ1) is 98.2. The highest BCUT2D eigenvalue weighted by atomic mass is 31.2. The van der Waals surface area contributed by atoms with Gasteiger partial charge in [-0.05, 0) is 148 Å². The van der Waals surface area contributed by atoms with Crippen LogP contribution in [0.2, 0.25) is 0 Å². The van der Waals surface area contributed by atoms with Gasteiger partial charge in [0.05, 0.1) is 26.4 Å². The lowest BCUT2D eigenvalue weighted by Gasteiger charge is -2.21. The van der Waals surface area contributed by atoms with Crippen molar-refractivity contribution in [3.05, 3.63) is 158 Å². The topological polar surface area (TPSA) is 231 Å². The Balaban J connectivity index is 4.61. The zero-order valence-corrected chi connectivity index (χ0v) is 66.0. The van der Waals surface area contributed by atoms with E-state index in [1.54, 1.807) is 0 Å². The van der Waals surface area contributed by atoms with Crippen LogP contribution in [0.4, 0.5) is 0 Å². The van der Waals surface area contributed by atoms with Crippen LogP contribution in [-0.4, -0.2) is 95.9 Å². The molecule has 5 atom stereocenters. The molecule has 0 amide bonds. The molecule has 0 rings (SSSR count). The van der Waals surface area contributed by atoms with E-state index < -0.39 is 91.5 Å². The number of rotatable bonds is 74. The zero-order valence-electron chi connectivity index (χ0n) is 64.2. The fourth-order valence-corrected chi connectivity index (χ4v) is 11.8. The van der Waals surface area contributed by atoms with E-state index in [9.17, 15) is 43.5 Å². The maximum atomic E-state index is 13.0. The molecule has 0 aromatic heterocycles. The van der Waals surface area contributed by atoms with Gasteiger partial charge in [0, 0.05) is 19.3 Å². The number of allylic oxidation sites excluding steroid dienone is 26. The quantitative estimate of drug-likeness (QED) is 0.0146. The van der Waals surface area contributed by atoms with Crippen molar-refractivity contribution in [2.45, 2.75) is 322 Å². The number of hydrogen-bond donors (Lipinski definition) is 4. The first-order chi connectivity index (χ1) is 50.2. The minimum atomic E-state index is -4.95. The molecule has 18 heteroatoms. The van der Waals surface area contributed by atoms with Crippen LogP contribution in [0.3, 0.4) is 0 Å². The second-order valence-corrected chi connectivity index (χ2v) is 29.0. The Morgan fingerprint density at radius 1 is 0.282 bits per heavy atom. The number of carbonyl (C=O) groups is 3. The smallest absolute Gasteiger partial charge is 0.463 e. The SMILES string of the molecule is CC/C=C\C/C=C\C/C=C\C/C=C\C/C=C\CCCCCC(=O)OCC(COP(=O)(O)OCC(O)COP(=O)(O)OCC(O)COC(=O)CCCCCCCCCCCCCCC/C=C\C/C=C\C/C=C\C/C=C\CCCCC)OC(=O)CCCCCCCC/C=C\C/C=C\C/C=C\C/C=C\CC. The van der Waals surface area contributed by atoms with E-state index in [-0.39, 0.29) is 19.3 Å². The van der Waals surface area contributed by atoms with E-state index in [1.165, 1.54) is 83.5 Å². The van der Waals surface area contributed by atoms with Crippen LogP contribution >= 0.6 is 15.6 Å². The molecule has 16 nitrogen and oxygen atoms in total. The molecule has 0 aliphatic carbocycles. The number of aliphatic hydroxyl groups is 2. The molecule has 0 radical (unpaired) electrons. The minimum Gasteiger partial charge on any atom is -0.463 e. The van der Waals surface area contributed by atoms with Gasteiger partial charge in [-0.2, -0.15) is 0 Å². The van der Waals surface area contributed by atoms with E-state index in [2.05, 4.69) is 179 Å². The largest absolute Gasteiger partial charge is 0.472 e. The third kappa shape index (κ3) is 78.1. The number of ether oxygens (including phenoxy) is 3. The van der Waals surface area contributed by atoms with Crippen molar-refractivity contribution in [3.8, 4) is 0 Å². The molecule has 588 valence electrons. The highest BCUT2D eigenvalue weighted by Crippen LogP contribution is 2.45. The lowest BCUT2D eigenvalue weighted by atomic mass is 10.0. The van der Waals surface area contributed by atoms with E-state index >= 15 is 0 Å². The molecule has 5 unspecified atom stereocenters. The summed E-state index contributed by atoms with van der Waals surface area (Å²) in [5.41, 5.74) is 0. The van der Waals surface area contributed by atoms with Crippen LogP contribution in [-0.2, 0) is 55.8 Å². The second kappa shape index (κ2) is 76.8. The van der Waals surface area contributed by atoms with Gasteiger partial charge in [0.1, 0.15) is 25.4 Å². The fraction of sp³-hybridized carbons (Fsp3) is 0.659. The molecule has 0 aromatic rings. The highest BCUT2D eigenvalue weighted by Gasteiger charge is 2.29. The Labute approximate surface area is 625 Å². The number of esters is 3. The highest BCUT2D eigenvalue weighted by molar-refractivity contribution is 7.47. The van der Waals surface area contributed by atoms with Gasteiger partial charge in [0.15, 0.2) is 6.10 Å². The monoisotopic (exact) mass is 1480 g/mol. The molecule has 0 aliphatic rings. The molecule has 0 saturated heterocycles. The van der Waals surface area contributed by atoms with Crippen molar-refractivity contribution in [1.29, 1.82) is 0 Å². The van der Waals surface area contributed by atoms with E-state index in [0.29, 0.717) is 19.3 Å². The number of aliphatic hydroxyl groups excluding tert-OH is 2. The summed E-state index contributed by atoms with van der Waals surface area (Å²) < 4.78 is 61.1. The van der Waals surface area contributed by atoms with Crippen molar-refractivity contribution in [2.24, 2.45) is 0 Å². The Morgan fingerprint density at radius 3 is 0.825 bits per heavy atom. The standard InChI is InChI=1S/C85H142O16P2/c1-4-7-10-13-16-19-22-25-28-31-34-35-36-37-38-39-40-41-42-43-46-48-50-53-56-59-62-65-68-71-83(88)95-74-80(86)75-97-102(91,92)98-76-81(87)77-99-103(93,94)100-79-82(101-85(90)73-70-67-64-61-58-55-52-49-45-33-30-27-24-21-18-15-12-9-6-3)78-96-84(89)72-69-66-63-60-57-54-51-47-44-32-29-26-23-20-17-14-11-8-5-2/h8-9,11-12,16-21,25-30,34-35,37-38,44-45,47,49,54,57,80-82,86-87H,4-7,10,13-15,22-24,31-33,36,39-43,46,48,50-53,55-56,58-79H2,1-3H3,(H,91,92)(H,93,94)/b11-8-,12-9-,19-16-,20-17-,21-18-,28-25-,29-26-,30-27-,35-34-,38-37-,47-44-,49-45-,57-54-. The maximum Gasteiger partial charge on any atom is 0.472 e. The Morgan fingerprint density at radius 2 is 0.515 bits per heavy atom. The summed E-state index contributed by atoms with van der Waals surface area (Å²) in [5, 5.41) is 20.6. The Bertz CT molecular complexity index is 2500. The molecular weight excluding hydrogens is 1340 g/mol. The van der Waals surface area contributed by atoms with Gasteiger partial charge in [-0.1, -0.05) is 294 Å². The first-order valence-corrected chi connectivity index (χ1v) is 42.8. The van der Waals surface area contributed by atoms with Crippen LogP contribution in [0.25, 0.3) is 0 Å². The number of phosphoric ester groups is 2. The third-order valence-corrected chi connectivity index (χ3v) is 18.1. The van der Waals surface area contributed by atoms with Crippen molar-refractivity contribution < 1.29 is 75.8 Å². The van der Waals surface area contributed by atoms with E-state index in [4.69, 9.17) is 32.3 Å². The van der Waals surface area contributed by atoms with E-state index in [0.717, 1.165) is 161 Å². The number of hydrogen-bond acceptors (Lipinski definition) is 14. The van der Waals surface area contributed by atoms with Gasteiger partial charge in [-0.15, -0.1) is 0 Å². The summed E-state index contributed by atoms with van der Waals surface area (Å²) in [5.74, 6) is -1.63. The predicted molar refractivity (Wildman–Crippen MR) is 426 cm³/mol. The van der Waals surface area contributed by atoms with Gasteiger partial charge in [0.2, 0.25) is 0 Å². The van der Waals surface area contributed by atoms with Crippen LogP contribution < -0.4 is 0 Å². The minimum absolute atomic E-state index is 0.0752. The fourth-order valence-electron chi connectivity index (χ4n) is 10.2. The average molecular weight is 1480 g/mol. The summed E-state index contributed by atoms with van der Waals surface area (Å²) in [6.07, 6.45) is 95.7. The molecule has 0 aliphatic heterocycles. The molecular formula is C85H142O16P2. The summed E-state index contributed by atoms with van der Waals surface area (Å²) in [7, 11) is -9.82. The van der Waals surface area contributed by atoms with Gasteiger partial charge in [-0.25, -0.2) is 9.13 Å². The summed E-state index contributed by atoms with van der Waals surface area (Å²) in [4.78, 5) is 58.7. The lowest BCUT2D eigenvalue weighted by Crippen LogP contribution is -2.30. The maximum absolute atomic E-state index is 13.0. The van der Waals surface area contributed by atoms with Gasteiger partial charge in [-0.3, -0.25) is 32.5 Å². The molecule has 0 saturated carbocycles. The summed E-state index contributed by atoms with van der Waals surface area (Å²) in [6.45, 7) is 2.37. The van der Waals surface area contributed by atoms with Crippen molar-refractivity contribution in [3.63, 3.8) is 0 Å². The summed E-state index contributed by atoms with van der Waals surface area (Å²) in [6, 6.07) is 0. The van der Waals surface area contributed by atoms with Crippen LogP contribution in [0.1, 0.15) is 303 Å². The molecule has 0 heterocycles. The number of unbranched alkanes of at least 4 members (excludes halogenated alkanes) is 25. The Kier molecular flexibility index (Phi) is 73.2. The number of phosphoric acid groups is 2. The van der Waals surface area contributed by atoms with Crippen molar-refractivity contribution in [2.75, 3.05) is 39.6 Å². The van der Waals surface area contributed by atoms with Gasteiger partial charge >= 0.3 is 33.6 Å². The van der Waals surface area contributed by atoms with Gasteiger partial charge in [0.25, 0.3) is 0 Å². The first-order valence-electron chi connectivity index (χ1n) is 39.8. The normalized spacial score (nSPS) is 14.8. The molecule has 0 spiro atoms. The molecule has 103 heavy (non-hydrogen) atoms. The average Bonchev–Trinajstić information content (AvgIpc) is 0.939. The predicted octanol–water partition coefficient (Wildman–Crippen LogP) is 23.4. The van der Waals surface area contributed by atoms with Gasteiger partial charge < -0.3 is 34.2 Å². The van der Waals surface area contributed by atoms with Crippen LogP contribution in [0.15, 0.2) is 158 Å². The number of carbonyl (C=O) groups excluding carboxylic acids is 3. The van der Waals surface area contributed by atoms with Crippen molar-refractivity contribution in [1.82, 2.24) is 0 Å². The molecule has 4 N–H and O–H groups in total. The molecule has 0 bridgehead atoms. The van der Waals surface area contributed by atoms with Crippen molar-refractivity contribution >= 4 is 33.6 Å². The Hall–Kier alpha value is -4.83. The second-order valence-electron chi connectivity index (χ2n) is 26.1. The molecule has 0 aromatic carbocycles. The van der Waals surface area contributed by atoms with Crippen LogP contribution in [0.5, 0.6) is 0 Å². The van der Waals surface area contributed by atoms with Crippen LogP contribution in [0, 0.1) is 0 Å².